The van der Waals surface area contributed by atoms with Crippen LogP contribution < -0.4 is 9.47 Å². The van der Waals surface area contributed by atoms with Gasteiger partial charge in [-0.15, -0.1) is 0 Å². The van der Waals surface area contributed by atoms with Crippen LogP contribution in [0.4, 0.5) is 9.18 Å². The average Bonchev–Trinajstić information content (AvgIpc) is 3.17. The number of amides is 2. The molecule has 8 heteroatoms. The second-order valence-electron chi connectivity index (χ2n) is 8.58. The van der Waals surface area contributed by atoms with Gasteiger partial charge in [-0.25, -0.2) is 4.39 Å². The van der Waals surface area contributed by atoms with Crippen LogP contribution in [0.3, 0.4) is 0 Å². The van der Waals surface area contributed by atoms with Gasteiger partial charge in [0.1, 0.15) is 12.4 Å². The van der Waals surface area contributed by atoms with Crippen molar-refractivity contribution in [3.05, 3.63) is 110 Å². The molecule has 1 heterocycles. The highest BCUT2D eigenvalue weighted by molar-refractivity contribution is 14.1. The van der Waals surface area contributed by atoms with Gasteiger partial charge in [-0.1, -0.05) is 54.6 Å². The van der Waals surface area contributed by atoms with Crippen LogP contribution in [0.2, 0.25) is 0 Å². The minimum atomic E-state index is -0.322. The third-order valence-corrected chi connectivity index (χ3v) is 7.72. The zero-order valence-corrected chi connectivity index (χ0v) is 23.4. The van der Waals surface area contributed by atoms with Crippen molar-refractivity contribution in [1.29, 1.82) is 0 Å². The molecule has 5 nitrogen and oxygen atoms in total. The molecule has 0 unspecified atom stereocenters. The van der Waals surface area contributed by atoms with E-state index in [1.54, 1.807) is 24.3 Å². The SMILES string of the molecule is CCOc1cc(/C=C2/SC(=O)N(Cc3cccc4ccccc34)C2=O)cc(I)c1OCc1ccc(F)cc1. The predicted molar refractivity (Wildman–Crippen MR) is 157 cm³/mol. The van der Waals surface area contributed by atoms with E-state index < -0.39 is 0 Å². The number of nitrogens with zero attached hydrogens (tertiary/aromatic N) is 1. The number of benzene rings is 4. The molecule has 0 atom stereocenters. The Labute approximate surface area is 237 Å². The number of halogens is 2. The lowest BCUT2D eigenvalue weighted by Crippen LogP contribution is -2.27. The van der Waals surface area contributed by atoms with Crippen LogP contribution in [0.15, 0.2) is 83.8 Å². The summed E-state index contributed by atoms with van der Waals surface area (Å²) in [4.78, 5) is 27.7. The highest BCUT2D eigenvalue weighted by Crippen LogP contribution is 2.38. The van der Waals surface area contributed by atoms with Crippen molar-refractivity contribution in [3.63, 3.8) is 0 Å². The molecule has 1 aliphatic heterocycles. The highest BCUT2D eigenvalue weighted by atomic mass is 127. The Kier molecular flexibility index (Phi) is 7.99. The molecule has 1 saturated heterocycles. The summed E-state index contributed by atoms with van der Waals surface area (Å²) < 4.78 is 25.9. The molecule has 0 aromatic heterocycles. The van der Waals surface area contributed by atoms with Gasteiger partial charge >= 0.3 is 0 Å². The molecule has 1 fully saturated rings. The van der Waals surface area contributed by atoms with E-state index in [1.807, 2.05) is 55.5 Å². The number of ether oxygens (including phenoxy) is 2. The fourth-order valence-electron chi connectivity index (χ4n) is 4.20. The van der Waals surface area contributed by atoms with Crippen molar-refractivity contribution in [3.8, 4) is 11.5 Å². The number of carbonyl (C=O) groups excluding carboxylic acids is 2. The maximum atomic E-state index is 13.2. The second-order valence-corrected chi connectivity index (χ2v) is 10.7. The maximum Gasteiger partial charge on any atom is 0.293 e. The van der Waals surface area contributed by atoms with Gasteiger partial charge in [0.15, 0.2) is 11.5 Å². The van der Waals surface area contributed by atoms with Gasteiger partial charge in [-0.3, -0.25) is 14.5 Å². The first kappa shape index (κ1) is 26.2. The lowest BCUT2D eigenvalue weighted by Gasteiger charge is -2.15. The number of hydrogen-bond acceptors (Lipinski definition) is 5. The molecule has 5 rings (SSSR count). The maximum absolute atomic E-state index is 13.2. The van der Waals surface area contributed by atoms with E-state index >= 15 is 0 Å². The van der Waals surface area contributed by atoms with Crippen LogP contribution in [0.25, 0.3) is 16.8 Å². The number of carbonyl (C=O) groups is 2. The minimum Gasteiger partial charge on any atom is -0.490 e. The monoisotopic (exact) mass is 639 g/mol. The molecule has 0 aliphatic carbocycles. The summed E-state index contributed by atoms with van der Waals surface area (Å²) in [7, 11) is 0. The van der Waals surface area contributed by atoms with Gasteiger partial charge in [-0.05, 0) is 99.1 Å². The summed E-state index contributed by atoms with van der Waals surface area (Å²) in [6.45, 7) is 2.76. The summed E-state index contributed by atoms with van der Waals surface area (Å²) in [5, 5.41) is 1.78. The van der Waals surface area contributed by atoms with E-state index in [-0.39, 0.29) is 30.1 Å². The minimum absolute atomic E-state index is 0.210. The highest BCUT2D eigenvalue weighted by Gasteiger charge is 2.35. The lowest BCUT2D eigenvalue weighted by molar-refractivity contribution is -0.123. The average molecular weight is 639 g/mol. The van der Waals surface area contributed by atoms with Gasteiger partial charge in [0.05, 0.1) is 21.6 Å². The zero-order chi connectivity index (χ0) is 26.6. The summed E-state index contributed by atoms with van der Waals surface area (Å²) in [6, 6.07) is 23.6. The Hall–Kier alpha value is -3.37. The van der Waals surface area contributed by atoms with E-state index in [0.717, 1.165) is 42.8 Å². The standard InChI is InChI=1S/C30H23FINO4S/c1-2-36-26-15-20(14-25(32)28(26)37-18-19-10-12-23(31)13-11-19)16-27-29(34)33(30(35)38-27)17-22-8-5-7-21-6-3-4-9-24(21)22/h3-16H,2,17-18H2,1H3/b27-16+. The Bertz CT molecular complexity index is 1550. The van der Waals surface area contributed by atoms with Crippen LogP contribution >= 0.6 is 34.4 Å². The molecule has 2 amide bonds. The van der Waals surface area contributed by atoms with E-state index in [2.05, 4.69) is 22.6 Å². The summed E-state index contributed by atoms with van der Waals surface area (Å²) >= 11 is 3.09. The molecule has 38 heavy (non-hydrogen) atoms. The molecule has 1 aliphatic rings. The Morgan fingerprint density at radius 3 is 2.53 bits per heavy atom. The van der Waals surface area contributed by atoms with Crippen molar-refractivity contribution in [2.45, 2.75) is 20.1 Å². The fraction of sp³-hybridized carbons (Fsp3) is 0.133. The van der Waals surface area contributed by atoms with Crippen LogP contribution in [0.5, 0.6) is 11.5 Å². The van der Waals surface area contributed by atoms with Crippen LogP contribution in [0.1, 0.15) is 23.6 Å². The van der Waals surface area contributed by atoms with Crippen molar-refractivity contribution in [1.82, 2.24) is 4.90 Å². The van der Waals surface area contributed by atoms with E-state index in [1.165, 1.54) is 17.0 Å². The molecular formula is C30H23FINO4S. The fourth-order valence-corrected chi connectivity index (χ4v) is 5.82. The number of imide groups is 1. The van der Waals surface area contributed by atoms with Gasteiger partial charge in [0.25, 0.3) is 11.1 Å². The third kappa shape index (κ3) is 5.71. The first-order valence-corrected chi connectivity index (χ1v) is 13.9. The van der Waals surface area contributed by atoms with E-state index in [0.29, 0.717) is 23.0 Å². The van der Waals surface area contributed by atoms with Gasteiger partial charge in [-0.2, -0.15) is 0 Å². The number of thioether (sulfide) groups is 1. The molecule has 0 bridgehead atoms. The van der Waals surface area contributed by atoms with Crippen molar-refractivity contribution >= 4 is 62.3 Å². The molecule has 0 spiro atoms. The molecular weight excluding hydrogens is 616 g/mol. The number of rotatable bonds is 8. The number of hydrogen-bond donors (Lipinski definition) is 0. The summed E-state index contributed by atoms with van der Waals surface area (Å²) in [5.41, 5.74) is 2.47. The number of fused-ring (bicyclic) bond motifs is 1. The quantitative estimate of drug-likeness (QED) is 0.146. The van der Waals surface area contributed by atoms with Crippen LogP contribution in [-0.2, 0) is 17.9 Å². The molecule has 192 valence electrons. The first-order chi connectivity index (χ1) is 18.4. The van der Waals surface area contributed by atoms with Crippen LogP contribution in [0, 0.1) is 9.39 Å². The molecule has 0 radical (unpaired) electrons. The van der Waals surface area contributed by atoms with E-state index in [4.69, 9.17) is 9.47 Å². The molecule has 0 saturated carbocycles. The predicted octanol–water partition coefficient (Wildman–Crippen LogP) is 7.80. The zero-order valence-electron chi connectivity index (χ0n) is 20.4. The van der Waals surface area contributed by atoms with Gasteiger partial charge in [0.2, 0.25) is 0 Å². The van der Waals surface area contributed by atoms with Crippen LogP contribution in [-0.4, -0.2) is 22.7 Å². The molecule has 4 aromatic carbocycles. The largest absolute Gasteiger partial charge is 0.490 e. The Morgan fingerprint density at radius 1 is 0.974 bits per heavy atom. The van der Waals surface area contributed by atoms with Crippen molar-refractivity contribution in [2.24, 2.45) is 0 Å². The van der Waals surface area contributed by atoms with Crippen molar-refractivity contribution in [2.75, 3.05) is 6.61 Å². The topological polar surface area (TPSA) is 55.8 Å². The smallest absolute Gasteiger partial charge is 0.293 e. The second kappa shape index (κ2) is 11.6. The Morgan fingerprint density at radius 2 is 1.74 bits per heavy atom. The van der Waals surface area contributed by atoms with Gasteiger partial charge in [0, 0.05) is 0 Å². The van der Waals surface area contributed by atoms with Gasteiger partial charge < -0.3 is 9.47 Å². The van der Waals surface area contributed by atoms with Crippen molar-refractivity contribution < 1.29 is 23.5 Å². The third-order valence-electron chi connectivity index (χ3n) is 6.01. The lowest BCUT2D eigenvalue weighted by atomic mass is 10.0. The first-order valence-electron chi connectivity index (χ1n) is 12.0. The molecule has 0 N–H and O–H groups in total. The molecule has 4 aromatic rings. The summed E-state index contributed by atoms with van der Waals surface area (Å²) in [6.07, 6.45) is 1.71. The van der Waals surface area contributed by atoms with E-state index in [9.17, 15) is 14.0 Å². The Balaban J connectivity index is 1.38. The summed E-state index contributed by atoms with van der Waals surface area (Å²) in [5.74, 6) is 0.475. The normalized spacial score (nSPS) is 14.5.